The van der Waals surface area contributed by atoms with Crippen LogP contribution in [0.1, 0.15) is 48.4 Å². The van der Waals surface area contributed by atoms with E-state index in [1.165, 1.54) is 34.8 Å². The standard InChI is InChI=1S/C17H19N3OS2.CH2O3/c1-10-18-17(23-20-10)14-12-8-4-5-9-13(12)22-16(14)19-15(21)11-6-2-3-7-11;2-1(3)4/h6H,2-5,7-9H2,1H3,(H,19,21);(H2,2,3,4). The van der Waals surface area contributed by atoms with E-state index in [1.54, 1.807) is 11.3 Å². The average molecular weight is 408 g/mol. The number of nitrogens with zero attached hydrogens (tertiary/aromatic N) is 2. The molecule has 0 aliphatic heterocycles. The number of carboxylic acid groups (broad SMARTS) is 2. The van der Waals surface area contributed by atoms with Gasteiger partial charge < -0.3 is 15.5 Å². The van der Waals surface area contributed by atoms with E-state index in [9.17, 15) is 4.79 Å². The Bertz CT molecular complexity index is 881. The molecule has 0 saturated heterocycles. The van der Waals surface area contributed by atoms with Gasteiger partial charge in [0.05, 0.1) is 5.56 Å². The number of anilines is 1. The molecule has 2 aromatic rings. The topological polar surface area (TPSA) is 112 Å². The first kappa shape index (κ1) is 19.5. The third kappa shape index (κ3) is 4.72. The summed E-state index contributed by atoms with van der Waals surface area (Å²) in [5.41, 5.74) is 3.44. The van der Waals surface area contributed by atoms with Crippen LogP contribution in [0.15, 0.2) is 11.6 Å². The highest BCUT2D eigenvalue weighted by Gasteiger charge is 2.26. The minimum Gasteiger partial charge on any atom is -0.450 e. The van der Waals surface area contributed by atoms with Crippen molar-refractivity contribution in [1.29, 1.82) is 0 Å². The van der Waals surface area contributed by atoms with E-state index in [-0.39, 0.29) is 5.91 Å². The second kappa shape index (κ2) is 8.62. The van der Waals surface area contributed by atoms with Gasteiger partial charge >= 0.3 is 6.16 Å². The molecule has 144 valence electrons. The molecule has 0 saturated carbocycles. The molecule has 3 N–H and O–H groups in total. The third-order valence-electron chi connectivity index (χ3n) is 4.47. The summed E-state index contributed by atoms with van der Waals surface area (Å²) in [7, 11) is 0. The zero-order valence-corrected chi connectivity index (χ0v) is 16.6. The van der Waals surface area contributed by atoms with Crippen molar-refractivity contribution in [2.45, 2.75) is 51.9 Å². The number of aromatic nitrogens is 2. The first-order chi connectivity index (χ1) is 13.0. The van der Waals surface area contributed by atoms with E-state index in [1.807, 2.05) is 6.92 Å². The van der Waals surface area contributed by atoms with Crippen molar-refractivity contribution >= 4 is 39.9 Å². The summed E-state index contributed by atoms with van der Waals surface area (Å²) in [5.74, 6) is 0.861. The summed E-state index contributed by atoms with van der Waals surface area (Å²) < 4.78 is 4.33. The Balaban J connectivity index is 0.000000481. The lowest BCUT2D eigenvalue weighted by Crippen LogP contribution is -2.13. The summed E-state index contributed by atoms with van der Waals surface area (Å²) in [4.78, 5) is 27.1. The number of rotatable bonds is 3. The van der Waals surface area contributed by atoms with Gasteiger partial charge in [0, 0.05) is 10.5 Å². The van der Waals surface area contributed by atoms with Gasteiger partial charge in [-0.3, -0.25) is 4.79 Å². The molecule has 9 heteroatoms. The normalized spacial score (nSPS) is 15.4. The lowest BCUT2D eigenvalue weighted by atomic mass is 9.95. The number of hydrogen-bond acceptors (Lipinski definition) is 6. The predicted molar refractivity (Wildman–Crippen MR) is 106 cm³/mol. The molecule has 2 aliphatic carbocycles. The summed E-state index contributed by atoms with van der Waals surface area (Å²) >= 11 is 3.17. The molecule has 4 rings (SSSR count). The van der Waals surface area contributed by atoms with Crippen LogP contribution in [0.4, 0.5) is 9.80 Å². The van der Waals surface area contributed by atoms with Crippen molar-refractivity contribution in [2.24, 2.45) is 0 Å². The molecule has 0 radical (unpaired) electrons. The van der Waals surface area contributed by atoms with Crippen molar-refractivity contribution in [2.75, 3.05) is 5.32 Å². The number of amides is 1. The van der Waals surface area contributed by atoms with Gasteiger partial charge in [-0.2, -0.15) is 4.37 Å². The molecule has 0 aromatic carbocycles. The van der Waals surface area contributed by atoms with Crippen molar-refractivity contribution in [3.63, 3.8) is 0 Å². The second-order valence-electron chi connectivity index (χ2n) is 6.42. The van der Waals surface area contributed by atoms with E-state index in [4.69, 9.17) is 15.0 Å². The van der Waals surface area contributed by atoms with Gasteiger partial charge in [0.1, 0.15) is 15.8 Å². The maximum Gasteiger partial charge on any atom is 0.503 e. The van der Waals surface area contributed by atoms with E-state index in [2.05, 4.69) is 20.8 Å². The zero-order valence-electron chi connectivity index (χ0n) is 14.9. The zero-order chi connectivity index (χ0) is 19.4. The first-order valence-electron chi connectivity index (χ1n) is 8.83. The molecular weight excluding hydrogens is 386 g/mol. The number of hydrogen-bond donors (Lipinski definition) is 3. The van der Waals surface area contributed by atoms with E-state index < -0.39 is 6.16 Å². The van der Waals surface area contributed by atoms with Crippen LogP contribution in [0, 0.1) is 6.92 Å². The Morgan fingerprint density at radius 1 is 1.15 bits per heavy atom. The molecule has 27 heavy (non-hydrogen) atoms. The molecule has 0 bridgehead atoms. The molecule has 2 aromatic heterocycles. The Morgan fingerprint density at radius 3 is 2.52 bits per heavy atom. The average Bonchev–Trinajstić information content (AvgIpc) is 3.33. The van der Waals surface area contributed by atoms with Crippen LogP contribution in [-0.2, 0) is 17.6 Å². The van der Waals surface area contributed by atoms with Gasteiger partial charge in [0.25, 0.3) is 5.91 Å². The highest BCUT2D eigenvalue weighted by atomic mass is 32.1. The summed E-state index contributed by atoms with van der Waals surface area (Å²) in [6.45, 7) is 1.92. The lowest BCUT2D eigenvalue weighted by molar-refractivity contribution is -0.112. The van der Waals surface area contributed by atoms with E-state index >= 15 is 0 Å². The predicted octanol–water partition coefficient (Wildman–Crippen LogP) is 4.73. The monoisotopic (exact) mass is 407 g/mol. The molecule has 0 fully saturated rings. The highest BCUT2D eigenvalue weighted by Crippen LogP contribution is 2.44. The first-order valence-corrected chi connectivity index (χ1v) is 10.4. The molecule has 2 aliphatic rings. The number of aryl methyl sites for hydroxylation is 2. The highest BCUT2D eigenvalue weighted by molar-refractivity contribution is 7.18. The number of carbonyl (C=O) groups excluding carboxylic acids is 1. The fourth-order valence-electron chi connectivity index (χ4n) is 3.34. The maximum atomic E-state index is 12.5. The van der Waals surface area contributed by atoms with Crippen molar-refractivity contribution in [3.05, 3.63) is 27.9 Å². The van der Waals surface area contributed by atoms with E-state index in [0.717, 1.165) is 59.1 Å². The minimum absolute atomic E-state index is 0.0589. The van der Waals surface area contributed by atoms with E-state index in [0.29, 0.717) is 0 Å². The molecule has 7 nitrogen and oxygen atoms in total. The molecular formula is C18H21N3O4S2. The summed E-state index contributed by atoms with van der Waals surface area (Å²) in [6, 6.07) is 0. The van der Waals surface area contributed by atoms with Gasteiger partial charge in [0.2, 0.25) is 0 Å². The second-order valence-corrected chi connectivity index (χ2v) is 8.28. The number of allylic oxidation sites excluding steroid dienone is 1. The van der Waals surface area contributed by atoms with Crippen LogP contribution < -0.4 is 5.32 Å². The van der Waals surface area contributed by atoms with Crippen molar-refractivity contribution in [1.82, 2.24) is 9.36 Å². The fourth-order valence-corrected chi connectivity index (χ4v) is 5.44. The number of carbonyl (C=O) groups is 2. The lowest BCUT2D eigenvalue weighted by Gasteiger charge is -2.11. The number of nitrogens with one attached hydrogen (secondary N) is 1. The molecule has 0 atom stereocenters. The summed E-state index contributed by atoms with van der Waals surface area (Å²) in [6.07, 6.45) is 7.88. The van der Waals surface area contributed by atoms with Crippen LogP contribution in [0.3, 0.4) is 0 Å². The van der Waals surface area contributed by atoms with Crippen LogP contribution >= 0.6 is 22.9 Å². The summed E-state index contributed by atoms with van der Waals surface area (Å²) in [5, 5.41) is 19.0. The van der Waals surface area contributed by atoms with Gasteiger partial charge in [-0.05, 0) is 69.0 Å². The molecule has 0 spiro atoms. The molecule has 0 unspecified atom stereocenters. The Morgan fingerprint density at radius 2 is 1.89 bits per heavy atom. The van der Waals surface area contributed by atoms with Crippen LogP contribution in [0.25, 0.3) is 10.6 Å². The number of thiophene rings is 1. The minimum atomic E-state index is -1.83. The van der Waals surface area contributed by atoms with Crippen LogP contribution in [0.5, 0.6) is 0 Å². The maximum absolute atomic E-state index is 12.5. The van der Waals surface area contributed by atoms with Gasteiger partial charge in [-0.1, -0.05) is 6.08 Å². The SMILES string of the molecule is Cc1nsc(-c2c(NC(=O)C3=CCCC3)sc3c2CCCC3)n1.O=C(O)O. The van der Waals surface area contributed by atoms with Crippen LogP contribution in [0.2, 0.25) is 0 Å². The largest absolute Gasteiger partial charge is 0.503 e. The smallest absolute Gasteiger partial charge is 0.450 e. The van der Waals surface area contributed by atoms with Gasteiger partial charge in [-0.15, -0.1) is 11.3 Å². The quantitative estimate of drug-likeness (QED) is 0.678. The Labute approximate surface area is 164 Å². The Hall–Kier alpha value is -2.26. The Kier molecular flexibility index (Phi) is 6.22. The van der Waals surface area contributed by atoms with Crippen molar-refractivity contribution in [3.8, 4) is 10.6 Å². The fraction of sp³-hybridized carbons (Fsp3) is 0.444. The number of fused-ring (bicyclic) bond motifs is 1. The van der Waals surface area contributed by atoms with Crippen molar-refractivity contribution < 1.29 is 19.8 Å². The van der Waals surface area contributed by atoms with Gasteiger partial charge in [-0.25, -0.2) is 9.78 Å². The third-order valence-corrected chi connectivity index (χ3v) is 6.50. The molecule has 1 amide bonds. The molecule has 2 heterocycles. The van der Waals surface area contributed by atoms with Gasteiger partial charge in [0.15, 0.2) is 0 Å². The van der Waals surface area contributed by atoms with Crippen LogP contribution in [-0.4, -0.2) is 31.6 Å².